The fraction of sp³-hybridized carbons (Fsp3) is 0.556. The summed E-state index contributed by atoms with van der Waals surface area (Å²) in [5.74, 6) is 1.89. The molecule has 0 spiro atoms. The number of allylic oxidation sites excluding steroid dienone is 1. The Hall–Kier alpha value is -1.04. The summed E-state index contributed by atoms with van der Waals surface area (Å²) in [7, 11) is 0. The van der Waals surface area contributed by atoms with Gasteiger partial charge >= 0.3 is 0 Å². The summed E-state index contributed by atoms with van der Waals surface area (Å²) in [6.45, 7) is 13.9. The molecule has 0 fully saturated rings. The second-order valence-electron chi connectivity index (χ2n) is 6.50. The summed E-state index contributed by atoms with van der Waals surface area (Å²) >= 11 is 0. The molecule has 1 aliphatic rings. The average molecular weight is 242 g/mol. The summed E-state index contributed by atoms with van der Waals surface area (Å²) in [6.07, 6.45) is 3.62. The predicted octanol–water partition coefficient (Wildman–Crippen LogP) is 5.53. The zero-order chi connectivity index (χ0) is 13.4. The van der Waals surface area contributed by atoms with Crippen molar-refractivity contribution in [3.63, 3.8) is 0 Å². The number of fused-ring (bicyclic) bond motifs is 1. The first-order valence-corrected chi connectivity index (χ1v) is 7.28. The molecule has 1 aromatic carbocycles. The Morgan fingerprint density at radius 3 is 2.00 bits per heavy atom. The van der Waals surface area contributed by atoms with Crippen LogP contribution in [0, 0.1) is 5.92 Å². The van der Waals surface area contributed by atoms with Crippen molar-refractivity contribution in [2.45, 2.75) is 59.8 Å². The van der Waals surface area contributed by atoms with Gasteiger partial charge < -0.3 is 0 Å². The average Bonchev–Trinajstić information content (AvgIpc) is 2.70. The van der Waals surface area contributed by atoms with Crippen molar-refractivity contribution in [1.29, 1.82) is 0 Å². The molecule has 0 N–H and O–H groups in total. The van der Waals surface area contributed by atoms with Crippen LogP contribution in [0.15, 0.2) is 17.7 Å². The summed E-state index contributed by atoms with van der Waals surface area (Å²) in [5.41, 5.74) is 7.77. The lowest BCUT2D eigenvalue weighted by molar-refractivity contribution is 0.754. The maximum atomic E-state index is 2.46. The van der Waals surface area contributed by atoms with Gasteiger partial charge in [0.15, 0.2) is 0 Å². The molecule has 0 saturated heterocycles. The normalized spacial score (nSPS) is 14.6. The van der Waals surface area contributed by atoms with E-state index in [-0.39, 0.29) is 0 Å². The third-order valence-corrected chi connectivity index (χ3v) is 4.08. The van der Waals surface area contributed by atoms with E-state index in [1.165, 1.54) is 16.7 Å². The molecule has 1 aliphatic carbocycles. The number of hydrogen-bond donors (Lipinski definition) is 0. The monoisotopic (exact) mass is 242 g/mol. The van der Waals surface area contributed by atoms with Gasteiger partial charge in [-0.25, -0.2) is 0 Å². The van der Waals surface area contributed by atoms with Gasteiger partial charge in [0, 0.05) is 0 Å². The quantitative estimate of drug-likeness (QED) is 0.654. The standard InChI is InChI=1S/C18H26/c1-11(2)15-9-14-7-8-16(12(3)4)18(13(5)6)17(14)10-15/h7-8,10-13H,9H2,1-6H3. The Kier molecular flexibility index (Phi) is 3.66. The minimum Gasteiger partial charge on any atom is -0.0626 e. The van der Waals surface area contributed by atoms with Gasteiger partial charge in [0.25, 0.3) is 0 Å². The highest BCUT2D eigenvalue weighted by molar-refractivity contribution is 5.69. The summed E-state index contributed by atoms with van der Waals surface area (Å²) in [5, 5.41) is 0. The van der Waals surface area contributed by atoms with Gasteiger partial charge in [-0.05, 0) is 46.4 Å². The van der Waals surface area contributed by atoms with Gasteiger partial charge in [0.2, 0.25) is 0 Å². The van der Waals surface area contributed by atoms with Crippen LogP contribution >= 0.6 is 0 Å². The van der Waals surface area contributed by atoms with E-state index in [4.69, 9.17) is 0 Å². The smallest absolute Gasteiger partial charge is 0.00552 e. The van der Waals surface area contributed by atoms with Crippen molar-refractivity contribution in [1.82, 2.24) is 0 Å². The minimum absolute atomic E-state index is 0.611. The maximum absolute atomic E-state index is 2.46. The summed E-state index contributed by atoms with van der Waals surface area (Å²) < 4.78 is 0. The van der Waals surface area contributed by atoms with Gasteiger partial charge in [-0.2, -0.15) is 0 Å². The van der Waals surface area contributed by atoms with Gasteiger partial charge in [-0.3, -0.25) is 0 Å². The second-order valence-corrected chi connectivity index (χ2v) is 6.50. The zero-order valence-electron chi connectivity index (χ0n) is 12.7. The molecule has 18 heavy (non-hydrogen) atoms. The van der Waals surface area contributed by atoms with Crippen molar-refractivity contribution in [3.05, 3.63) is 40.0 Å². The zero-order valence-corrected chi connectivity index (χ0v) is 12.7. The fourth-order valence-electron chi connectivity index (χ4n) is 3.00. The third kappa shape index (κ3) is 2.25. The third-order valence-electron chi connectivity index (χ3n) is 4.08. The SMILES string of the molecule is CC(C)C1=Cc2c(ccc(C(C)C)c2C(C)C)C1. The van der Waals surface area contributed by atoms with E-state index in [1.54, 1.807) is 11.1 Å². The van der Waals surface area contributed by atoms with Crippen molar-refractivity contribution >= 4 is 6.08 Å². The van der Waals surface area contributed by atoms with Crippen LogP contribution in [0.3, 0.4) is 0 Å². The number of hydrogen-bond acceptors (Lipinski definition) is 0. The van der Waals surface area contributed by atoms with Gasteiger partial charge in [-0.15, -0.1) is 0 Å². The largest absolute Gasteiger partial charge is 0.0626 e. The molecule has 98 valence electrons. The minimum atomic E-state index is 0.611. The fourth-order valence-corrected chi connectivity index (χ4v) is 3.00. The molecule has 1 aromatic rings. The van der Waals surface area contributed by atoms with E-state index >= 15 is 0 Å². The molecule has 2 rings (SSSR count). The Morgan fingerprint density at radius 2 is 1.50 bits per heavy atom. The van der Waals surface area contributed by atoms with E-state index in [1.807, 2.05) is 0 Å². The van der Waals surface area contributed by atoms with E-state index in [0.717, 1.165) is 6.42 Å². The maximum Gasteiger partial charge on any atom is -0.00552 e. The van der Waals surface area contributed by atoms with E-state index in [0.29, 0.717) is 17.8 Å². The molecule has 0 aromatic heterocycles. The number of rotatable bonds is 3. The Bertz CT molecular complexity index is 473. The van der Waals surface area contributed by atoms with Gasteiger partial charge in [0.05, 0.1) is 0 Å². The van der Waals surface area contributed by atoms with Crippen LogP contribution in [0.2, 0.25) is 0 Å². The van der Waals surface area contributed by atoms with Gasteiger partial charge in [-0.1, -0.05) is 65.3 Å². The van der Waals surface area contributed by atoms with Crippen LogP contribution in [-0.2, 0) is 6.42 Å². The molecule has 0 bridgehead atoms. The first kappa shape index (κ1) is 13.4. The lowest BCUT2D eigenvalue weighted by atomic mass is 9.85. The van der Waals surface area contributed by atoms with Crippen molar-refractivity contribution in [3.8, 4) is 0 Å². The first-order valence-electron chi connectivity index (χ1n) is 7.28. The van der Waals surface area contributed by atoms with E-state index in [9.17, 15) is 0 Å². The van der Waals surface area contributed by atoms with Crippen LogP contribution in [0.4, 0.5) is 0 Å². The van der Waals surface area contributed by atoms with Crippen LogP contribution in [0.5, 0.6) is 0 Å². The highest BCUT2D eigenvalue weighted by Gasteiger charge is 2.22. The Balaban J connectivity index is 2.58. The molecule has 0 amide bonds. The molecule has 0 aliphatic heterocycles. The predicted molar refractivity (Wildman–Crippen MR) is 81.1 cm³/mol. The summed E-state index contributed by atoms with van der Waals surface area (Å²) in [6, 6.07) is 4.71. The van der Waals surface area contributed by atoms with Crippen LogP contribution in [0.1, 0.15) is 75.6 Å². The molecular weight excluding hydrogens is 216 g/mol. The molecule has 0 radical (unpaired) electrons. The molecule has 0 unspecified atom stereocenters. The van der Waals surface area contributed by atoms with Crippen molar-refractivity contribution in [2.24, 2.45) is 5.92 Å². The molecule has 0 saturated carbocycles. The lowest BCUT2D eigenvalue weighted by Gasteiger charge is -2.19. The Morgan fingerprint density at radius 1 is 0.833 bits per heavy atom. The van der Waals surface area contributed by atoms with Gasteiger partial charge in [0.1, 0.15) is 0 Å². The number of benzene rings is 1. The van der Waals surface area contributed by atoms with Crippen LogP contribution in [0.25, 0.3) is 6.08 Å². The molecule has 0 atom stereocenters. The highest BCUT2D eigenvalue weighted by atomic mass is 14.3. The summed E-state index contributed by atoms with van der Waals surface area (Å²) in [4.78, 5) is 0. The van der Waals surface area contributed by atoms with E-state index < -0.39 is 0 Å². The highest BCUT2D eigenvalue weighted by Crippen LogP contribution is 2.38. The topological polar surface area (TPSA) is 0 Å². The molecule has 0 heteroatoms. The first-order chi connectivity index (χ1) is 8.41. The molecule has 0 nitrogen and oxygen atoms in total. The molecular formula is C18H26. The lowest BCUT2D eigenvalue weighted by Crippen LogP contribution is -2.02. The van der Waals surface area contributed by atoms with Crippen molar-refractivity contribution < 1.29 is 0 Å². The Labute approximate surface area is 112 Å². The van der Waals surface area contributed by atoms with E-state index in [2.05, 4.69) is 59.8 Å². The van der Waals surface area contributed by atoms with Crippen LogP contribution in [-0.4, -0.2) is 0 Å². The second kappa shape index (κ2) is 4.91. The molecule has 0 heterocycles. The van der Waals surface area contributed by atoms with Crippen molar-refractivity contribution in [2.75, 3.05) is 0 Å². The van der Waals surface area contributed by atoms with Crippen LogP contribution < -0.4 is 0 Å².